The molecule has 27 heavy (non-hydrogen) atoms. The molecule has 3 heterocycles. The first kappa shape index (κ1) is 17.2. The van der Waals surface area contributed by atoms with Crippen LogP contribution in [0.15, 0.2) is 54.7 Å². The Kier molecular flexibility index (Phi) is 4.82. The minimum atomic E-state index is -0.223. The summed E-state index contributed by atoms with van der Waals surface area (Å²) >= 11 is 0. The monoisotopic (exact) mass is 365 g/mol. The lowest BCUT2D eigenvalue weighted by Crippen LogP contribution is -2.40. The minimum Gasteiger partial charge on any atom is -0.324 e. The number of aromatic amines is 1. The van der Waals surface area contributed by atoms with E-state index in [9.17, 15) is 9.18 Å². The van der Waals surface area contributed by atoms with E-state index in [-0.39, 0.29) is 11.8 Å². The van der Waals surface area contributed by atoms with E-state index >= 15 is 0 Å². The molecular weight excluding hydrogens is 345 g/mol. The molecule has 4 rings (SSSR count). The molecule has 1 aliphatic rings. The van der Waals surface area contributed by atoms with Crippen LogP contribution in [-0.2, 0) is 0 Å². The van der Waals surface area contributed by atoms with E-state index in [1.807, 2.05) is 30.3 Å². The Labute approximate surface area is 156 Å². The molecule has 1 aliphatic heterocycles. The molecule has 1 saturated heterocycles. The second kappa shape index (κ2) is 7.57. The second-order valence-electron chi connectivity index (χ2n) is 6.62. The number of urea groups is 1. The molecular formula is C20H20FN5O. The third-order valence-corrected chi connectivity index (χ3v) is 4.88. The lowest BCUT2D eigenvalue weighted by Gasteiger charge is -2.32. The zero-order valence-corrected chi connectivity index (χ0v) is 14.7. The number of nitrogens with zero attached hydrogens (tertiary/aromatic N) is 3. The fourth-order valence-corrected chi connectivity index (χ4v) is 3.38. The highest BCUT2D eigenvalue weighted by atomic mass is 19.1. The van der Waals surface area contributed by atoms with Crippen LogP contribution in [0.5, 0.6) is 0 Å². The number of carbonyl (C=O) groups is 1. The van der Waals surface area contributed by atoms with Crippen LogP contribution in [-0.4, -0.2) is 39.2 Å². The molecule has 0 unspecified atom stereocenters. The Morgan fingerprint density at radius 3 is 2.63 bits per heavy atom. The predicted molar refractivity (Wildman–Crippen MR) is 101 cm³/mol. The first-order valence-corrected chi connectivity index (χ1v) is 8.97. The van der Waals surface area contributed by atoms with Gasteiger partial charge in [0.15, 0.2) is 5.82 Å². The number of anilines is 1. The third kappa shape index (κ3) is 3.97. The first-order chi connectivity index (χ1) is 13.2. The summed E-state index contributed by atoms with van der Waals surface area (Å²) in [4.78, 5) is 18.5. The average molecular weight is 365 g/mol. The van der Waals surface area contributed by atoms with Crippen LogP contribution in [0.25, 0.3) is 11.4 Å². The van der Waals surface area contributed by atoms with Crippen molar-refractivity contribution in [2.75, 3.05) is 18.4 Å². The number of carbonyl (C=O) groups excluding carboxylic acids is 1. The van der Waals surface area contributed by atoms with Crippen LogP contribution in [0.4, 0.5) is 15.0 Å². The van der Waals surface area contributed by atoms with E-state index < -0.39 is 0 Å². The van der Waals surface area contributed by atoms with Gasteiger partial charge in [0.1, 0.15) is 5.82 Å². The van der Waals surface area contributed by atoms with Gasteiger partial charge in [-0.2, -0.15) is 5.10 Å². The van der Waals surface area contributed by atoms with E-state index in [1.165, 1.54) is 12.1 Å². The van der Waals surface area contributed by atoms with Gasteiger partial charge in [0.2, 0.25) is 0 Å². The number of hydrogen-bond acceptors (Lipinski definition) is 3. The molecule has 1 fully saturated rings. The van der Waals surface area contributed by atoms with Crippen molar-refractivity contribution in [3.8, 4) is 11.4 Å². The molecule has 0 atom stereocenters. The number of amides is 2. The fraction of sp³-hybridized carbons (Fsp3) is 0.250. The number of H-pyrrole nitrogens is 1. The van der Waals surface area contributed by atoms with E-state index in [1.54, 1.807) is 17.2 Å². The van der Waals surface area contributed by atoms with Gasteiger partial charge in [0, 0.05) is 25.4 Å². The quantitative estimate of drug-likeness (QED) is 0.736. The zero-order chi connectivity index (χ0) is 18.6. The summed E-state index contributed by atoms with van der Waals surface area (Å²) in [5.74, 6) is 0.608. The standard InChI is InChI=1S/C20H20FN5O/c21-16-6-4-14(5-7-16)15-8-11-26(12-9-15)20(27)23-19-13-18(24-25-19)17-3-1-2-10-22-17/h1-7,10,13,15H,8-9,11-12H2,(H2,23,24,25,27). The molecule has 0 radical (unpaired) electrons. The summed E-state index contributed by atoms with van der Waals surface area (Å²) in [7, 11) is 0. The number of piperidine rings is 1. The maximum atomic E-state index is 13.1. The molecule has 2 aromatic heterocycles. The highest BCUT2D eigenvalue weighted by molar-refractivity contribution is 5.88. The van der Waals surface area contributed by atoms with Crippen LogP contribution >= 0.6 is 0 Å². The van der Waals surface area contributed by atoms with Gasteiger partial charge in [-0.25, -0.2) is 9.18 Å². The number of nitrogens with one attached hydrogen (secondary N) is 2. The lowest BCUT2D eigenvalue weighted by atomic mass is 9.89. The van der Waals surface area contributed by atoms with E-state index in [2.05, 4.69) is 20.5 Å². The normalized spacial score (nSPS) is 14.9. The van der Waals surface area contributed by atoms with E-state index in [4.69, 9.17) is 0 Å². The number of likely N-dealkylation sites (tertiary alicyclic amines) is 1. The second-order valence-corrected chi connectivity index (χ2v) is 6.62. The van der Waals surface area contributed by atoms with Gasteiger partial charge in [-0.1, -0.05) is 18.2 Å². The summed E-state index contributed by atoms with van der Waals surface area (Å²) in [6.45, 7) is 1.32. The van der Waals surface area contributed by atoms with Gasteiger partial charge in [0.25, 0.3) is 0 Å². The Morgan fingerprint density at radius 2 is 1.93 bits per heavy atom. The lowest BCUT2D eigenvalue weighted by molar-refractivity contribution is 0.194. The van der Waals surface area contributed by atoms with Crippen LogP contribution in [0, 0.1) is 5.82 Å². The van der Waals surface area contributed by atoms with Crippen LogP contribution in [0.3, 0.4) is 0 Å². The van der Waals surface area contributed by atoms with Crippen molar-refractivity contribution in [3.63, 3.8) is 0 Å². The summed E-state index contributed by atoms with van der Waals surface area (Å²) in [6.07, 6.45) is 3.43. The van der Waals surface area contributed by atoms with Gasteiger partial charge in [0.05, 0.1) is 11.4 Å². The number of hydrogen-bond donors (Lipinski definition) is 2. The Balaban J connectivity index is 1.33. The van der Waals surface area contributed by atoms with Crippen molar-refractivity contribution in [1.82, 2.24) is 20.1 Å². The molecule has 0 spiro atoms. The molecule has 2 N–H and O–H groups in total. The molecule has 138 valence electrons. The summed E-state index contributed by atoms with van der Waals surface area (Å²) in [5.41, 5.74) is 2.65. The van der Waals surface area contributed by atoms with Crippen molar-refractivity contribution < 1.29 is 9.18 Å². The summed E-state index contributed by atoms with van der Waals surface area (Å²) in [5, 5.41) is 9.86. The van der Waals surface area contributed by atoms with Crippen molar-refractivity contribution in [3.05, 3.63) is 66.1 Å². The molecule has 6 nitrogen and oxygen atoms in total. The SMILES string of the molecule is O=C(Nc1cc(-c2ccccn2)[nH]n1)N1CCC(c2ccc(F)cc2)CC1. The third-order valence-electron chi connectivity index (χ3n) is 4.88. The van der Waals surface area contributed by atoms with Gasteiger partial charge in [-0.15, -0.1) is 0 Å². The maximum Gasteiger partial charge on any atom is 0.323 e. The van der Waals surface area contributed by atoms with Crippen molar-refractivity contribution >= 4 is 11.8 Å². The fourth-order valence-electron chi connectivity index (χ4n) is 3.38. The average Bonchev–Trinajstić information content (AvgIpc) is 3.18. The maximum absolute atomic E-state index is 13.1. The molecule has 3 aromatic rings. The van der Waals surface area contributed by atoms with Gasteiger partial charge >= 0.3 is 6.03 Å². The van der Waals surface area contributed by atoms with Crippen LogP contribution in [0.2, 0.25) is 0 Å². The zero-order valence-electron chi connectivity index (χ0n) is 14.7. The van der Waals surface area contributed by atoms with E-state index in [0.717, 1.165) is 29.8 Å². The number of pyridine rings is 1. The van der Waals surface area contributed by atoms with Gasteiger partial charge in [-0.05, 0) is 48.6 Å². The van der Waals surface area contributed by atoms with Crippen molar-refractivity contribution in [1.29, 1.82) is 0 Å². The van der Waals surface area contributed by atoms with Gasteiger partial charge < -0.3 is 4.90 Å². The summed E-state index contributed by atoms with van der Waals surface area (Å²) < 4.78 is 13.1. The number of benzene rings is 1. The highest BCUT2D eigenvalue weighted by Gasteiger charge is 2.24. The van der Waals surface area contributed by atoms with Gasteiger partial charge in [-0.3, -0.25) is 15.4 Å². The Hall–Kier alpha value is -3.22. The molecule has 7 heteroatoms. The number of halogens is 1. The molecule has 0 saturated carbocycles. The number of aromatic nitrogens is 3. The highest BCUT2D eigenvalue weighted by Crippen LogP contribution is 2.28. The Bertz CT molecular complexity index is 902. The van der Waals surface area contributed by atoms with Crippen molar-refractivity contribution in [2.24, 2.45) is 0 Å². The van der Waals surface area contributed by atoms with Crippen molar-refractivity contribution in [2.45, 2.75) is 18.8 Å². The van der Waals surface area contributed by atoms with E-state index in [0.29, 0.717) is 24.8 Å². The first-order valence-electron chi connectivity index (χ1n) is 8.97. The largest absolute Gasteiger partial charge is 0.324 e. The number of rotatable bonds is 3. The van der Waals surface area contributed by atoms with Crippen LogP contribution < -0.4 is 5.32 Å². The van der Waals surface area contributed by atoms with Crippen LogP contribution in [0.1, 0.15) is 24.3 Å². The predicted octanol–water partition coefficient (Wildman–Crippen LogP) is 4.02. The molecule has 0 aliphatic carbocycles. The summed E-state index contributed by atoms with van der Waals surface area (Å²) in [6, 6.07) is 13.9. The molecule has 1 aromatic carbocycles. The minimum absolute atomic E-state index is 0.161. The topological polar surface area (TPSA) is 73.9 Å². The molecule has 2 amide bonds. The smallest absolute Gasteiger partial charge is 0.323 e. The molecule has 0 bridgehead atoms. The Morgan fingerprint density at radius 1 is 1.15 bits per heavy atom.